The summed E-state index contributed by atoms with van der Waals surface area (Å²) in [6, 6.07) is 8.65. The highest BCUT2D eigenvalue weighted by Gasteiger charge is 2.15. The molecule has 0 N–H and O–H groups in total. The summed E-state index contributed by atoms with van der Waals surface area (Å²) in [6.07, 6.45) is 2.89. The summed E-state index contributed by atoms with van der Waals surface area (Å²) in [7, 11) is 1.60. The van der Waals surface area contributed by atoms with Crippen molar-refractivity contribution in [3.63, 3.8) is 0 Å². The summed E-state index contributed by atoms with van der Waals surface area (Å²) in [5.41, 5.74) is 0.829. The smallest absolute Gasteiger partial charge is 0.215 e. The van der Waals surface area contributed by atoms with E-state index in [2.05, 4.69) is 9.97 Å². The quantitative estimate of drug-likeness (QED) is 0.583. The SMILES string of the molecule is COCCOc1ccccc1C(=O)c1ccncn1. The van der Waals surface area contributed by atoms with Crippen molar-refractivity contribution in [2.24, 2.45) is 0 Å². The van der Waals surface area contributed by atoms with Gasteiger partial charge in [-0.2, -0.15) is 0 Å². The van der Waals surface area contributed by atoms with Crippen LogP contribution in [0.1, 0.15) is 16.1 Å². The number of hydrogen-bond donors (Lipinski definition) is 0. The molecular weight excluding hydrogens is 244 g/mol. The van der Waals surface area contributed by atoms with E-state index in [0.29, 0.717) is 30.2 Å². The van der Waals surface area contributed by atoms with Crippen LogP contribution < -0.4 is 4.74 Å². The van der Waals surface area contributed by atoms with Gasteiger partial charge in [0.05, 0.1) is 12.2 Å². The molecule has 2 rings (SSSR count). The Labute approximate surface area is 111 Å². The number of para-hydroxylation sites is 1. The molecular formula is C14H14N2O3. The van der Waals surface area contributed by atoms with E-state index in [1.54, 1.807) is 31.4 Å². The van der Waals surface area contributed by atoms with Gasteiger partial charge in [-0.25, -0.2) is 9.97 Å². The van der Waals surface area contributed by atoms with E-state index in [-0.39, 0.29) is 5.78 Å². The fourth-order valence-electron chi connectivity index (χ4n) is 1.58. The van der Waals surface area contributed by atoms with Gasteiger partial charge in [-0.3, -0.25) is 4.79 Å². The topological polar surface area (TPSA) is 61.3 Å². The number of aromatic nitrogens is 2. The molecule has 5 nitrogen and oxygen atoms in total. The molecule has 1 aromatic carbocycles. The molecule has 0 bridgehead atoms. The van der Waals surface area contributed by atoms with E-state index in [4.69, 9.17) is 9.47 Å². The lowest BCUT2D eigenvalue weighted by atomic mass is 10.1. The van der Waals surface area contributed by atoms with Gasteiger partial charge in [0, 0.05) is 13.3 Å². The lowest BCUT2D eigenvalue weighted by Crippen LogP contribution is -2.10. The number of carbonyl (C=O) groups excluding carboxylic acids is 1. The van der Waals surface area contributed by atoms with Crippen LogP contribution >= 0.6 is 0 Å². The van der Waals surface area contributed by atoms with Crippen molar-refractivity contribution in [3.05, 3.63) is 54.1 Å². The van der Waals surface area contributed by atoms with E-state index < -0.39 is 0 Å². The van der Waals surface area contributed by atoms with E-state index in [9.17, 15) is 4.79 Å². The van der Waals surface area contributed by atoms with Crippen molar-refractivity contribution >= 4 is 5.78 Å². The number of ketones is 1. The second-order valence-electron chi connectivity index (χ2n) is 3.76. The maximum atomic E-state index is 12.3. The van der Waals surface area contributed by atoms with Gasteiger partial charge in [0.15, 0.2) is 0 Å². The van der Waals surface area contributed by atoms with Crippen molar-refractivity contribution in [2.75, 3.05) is 20.3 Å². The van der Waals surface area contributed by atoms with Crippen LogP contribution in [0.25, 0.3) is 0 Å². The Morgan fingerprint density at radius 3 is 2.79 bits per heavy atom. The summed E-state index contributed by atoms with van der Waals surface area (Å²) in [6.45, 7) is 0.862. The van der Waals surface area contributed by atoms with Crippen LogP contribution in [0.15, 0.2) is 42.9 Å². The minimum Gasteiger partial charge on any atom is -0.490 e. The van der Waals surface area contributed by atoms with E-state index in [1.165, 1.54) is 12.5 Å². The molecule has 0 spiro atoms. The standard InChI is InChI=1S/C14H14N2O3/c1-18-8-9-19-13-5-3-2-4-11(13)14(17)12-6-7-15-10-16-12/h2-7,10H,8-9H2,1H3. The first kappa shape index (κ1) is 13.2. The average molecular weight is 258 g/mol. The molecule has 2 aromatic rings. The molecule has 0 unspecified atom stereocenters. The van der Waals surface area contributed by atoms with E-state index in [0.717, 1.165) is 0 Å². The van der Waals surface area contributed by atoms with Crippen molar-refractivity contribution in [1.29, 1.82) is 0 Å². The van der Waals surface area contributed by atoms with Crippen molar-refractivity contribution in [2.45, 2.75) is 0 Å². The second kappa shape index (κ2) is 6.61. The van der Waals surface area contributed by atoms with Crippen LogP contribution in [0.3, 0.4) is 0 Å². The zero-order valence-corrected chi connectivity index (χ0v) is 10.6. The highest BCUT2D eigenvalue weighted by Crippen LogP contribution is 2.20. The molecule has 0 amide bonds. The van der Waals surface area contributed by atoms with Crippen LogP contribution in [0.4, 0.5) is 0 Å². The molecule has 0 saturated carbocycles. The lowest BCUT2D eigenvalue weighted by Gasteiger charge is -2.09. The van der Waals surface area contributed by atoms with Crippen LogP contribution in [0, 0.1) is 0 Å². The van der Waals surface area contributed by atoms with Gasteiger partial charge in [-0.05, 0) is 18.2 Å². The molecule has 0 aliphatic carbocycles. The molecule has 0 atom stereocenters. The number of carbonyl (C=O) groups is 1. The van der Waals surface area contributed by atoms with Gasteiger partial charge in [0.25, 0.3) is 0 Å². The minimum atomic E-state index is -0.185. The fourth-order valence-corrected chi connectivity index (χ4v) is 1.58. The Hall–Kier alpha value is -2.27. The maximum Gasteiger partial charge on any atom is 0.215 e. The molecule has 5 heteroatoms. The zero-order valence-electron chi connectivity index (χ0n) is 10.6. The Bertz CT molecular complexity index is 543. The molecule has 1 aromatic heterocycles. The predicted octanol–water partition coefficient (Wildman–Crippen LogP) is 1.73. The van der Waals surface area contributed by atoms with Crippen LogP contribution in [-0.2, 0) is 4.74 Å². The number of benzene rings is 1. The summed E-state index contributed by atoms with van der Waals surface area (Å²) < 4.78 is 10.4. The highest BCUT2D eigenvalue weighted by molar-refractivity contribution is 6.09. The summed E-state index contributed by atoms with van der Waals surface area (Å²) >= 11 is 0. The Morgan fingerprint density at radius 2 is 2.05 bits per heavy atom. The first-order chi connectivity index (χ1) is 9.33. The third-order valence-corrected chi connectivity index (χ3v) is 2.49. The molecule has 0 fully saturated rings. The van der Waals surface area contributed by atoms with E-state index in [1.807, 2.05) is 6.07 Å². The fraction of sp³-hybridized carbons (Fsp3) is 0.214. The van der Waals surface area contributed by atoms with Crippen LogP contribution in [0.5, 0.6) is 5.75 Å². The van der Waals surface area contributed by atoms with Gasteiger partial charge in [-0.1, -0.05) is 12.1 Å². The third kappa shape index (κ3) is 3.35. The summed E-state index contributed by atoms with van der Waals surface area (Å²) in [4.78, 5) is 20.0. The molecule has 0 aliphatic rings. The number of ether oxygens (including phenoxy) is 2. The monoisotopic (exact) mass is 258 g/mol. The van der Waals surface area contributed by atoms with Gasteiger partial charge < -0.3 is 9.47 Å². The van der Waals surface area contributed by atoms with Gasteiger partial charge in [0.1, 0.15) is 24.4 Å². The minimum absolute atomic E-state index is 0.185. The second-order valence-corrected chi connectivity index (χ2v) is 3.76. The molecule has 1 heterocycles. The van der Waals surface area contributed by atoms with Gasteiger partial charge in [-0.15, -0.1) is 0 Å². The van der Waals surface area contributed by atoms with Gasteiger partial charge in [0.2, 0.25) is 5.78 Å². The summed E-state index contributed by atoms with van der Waals surface area (Å²) in [5.74, 6) is 0.346. The zero-order chi connectivity index (χ0) is 13.5. The van der Waals surface area contributed by atoms with Crippen molar-refractivity contribution in [3.8, 4) is 5.75 Å². The number of rotatable bonds is 6. The molecule has 0 aliphatic heterocycles. The normalized spacial score (nSPS) is 10.2. The number of methoxy groups -OCH3 is 1. The number of nitrogens with zero attached hydrogens (tertiary/aromatic N) is 2. The van der Waals surface area contributed by atoms with E-state index >= 15 is 0 Å². The molecule has 19 heavy (non-hydrogen) atoms. The Balaban J connectivity index is 2.22. The van der Waals surface area contributed by atoms with Crippen LogP contribution in [-0.4, -0.2) is 36.1 Å². The third-order valence-electron chi connectivity index (χ3n) is 2.49. The number of hydrogen-bond acceptors (Lipinski definition) is 5. The average Bonchev–Trinajstić information content (AvgIpc) is 2.48. The summed E-state index contributed by atoms with van der Waals surface area (Å²) in [5, 5.41) is 0. The Morgan fingerprint density at radius 1 is 1.21 bits per heavy atom. The maximum absolute atomic E-state index is 12.3. The molecule has 0 radical (unpaired) electrons. The van der Waals surface area contributed by atoms with Crippen LogP contribution in [0.2, 0.25) is 0 Å². The highest BCUT2D eigenvalue weighted by atomic mass is 16.5. The van der Waals surface area contributed by atoms with Gasteiger partial charge >= 0.3 is 0 Å². The Kier molecular flexibility index (Phi) is 4.58. The first-order valence-corrected chi connectivity index (χ1v) is 5.84. The molecule has 0 saturated heterocycles. The largest absolute Gasteiger partial charge is 0.490 e. The van der Waals surface area contributed by atoms with Crippen molar-refractivity contribution in [1.82, 2.24) is 9.97 Å². The predicted molar refractivity (Wildman–Crippen MR) is 69.3 cm³/mol. The first-order valence-electron chi connectivity index (χ1n) is 5.84. The van der Waals surface area contributed by atoms with Crippen molar-refractivity contribution < 1.29 is 14.3 Å². The lowest BCUT2D eigenvalue weighted by molar-refractivity contribution is 0.102. The molecule has 98 valence electrons.